The molecule has 0 bridgehead atoms. The summed E-state index contributed by atoms with van der Waals surface area (Å²) >= 11 is 1.33. The van der Waals surface area contributed by atoms with Gasteiger partial charge in [-0.15, -0.1) is 11.3 Å². The maximum atomic E-state index is 13.7. The Kier molecular flexibility index (Phi) is 7.72. The lowest BCUT2D eigenvalue weighted by Gasteiger charge is -2.46. The number of nitrogens with zero attached hydrogens (tertiary/aromatic N) is 3. The zero-order valence-electron chi connectivity index (χ0n) is 23.6. The average molecular weight is 559 g/mol. The number of aromatic nitrogens is 3. The van der Waals surface area contributed by atoms with E-state index in [-0.39, 0.29) is 34.8 Å². The Morgan fingerprint density at radius 3 is 2.45 bits per heavy atom. The van der Waals surface area contributed by atoms with Crippen LogP contribution in [0.2, 0.25) is 18.1 Å². The van der Waals surface area contributed by atoms with E-state index in [0.29, 0.717) is 16.1 Å². The Hall–Kier alpha value is -2.44. The highest BCUT2D eigenvalue weighted by atomic mass is 32.1. The molecule has 1 N–H and O–H groups in total. The number of methoxy groups -OCH3 is 2. The third kappa shape index (κ3) is 4.75. The van der Waals surface area contributed by atoms with Crippen molar-refractivity contribution in [3.63, 3.8) is 0 Å². The van der Waals surface area contributed by atoms with E-state index in [2.05, 4.69) is 49.1 Å². The van der Waals surface area contributed by atoms with Crippen LogP contribution in [0.25, 0.3) is 4.83 Å². The zero-order valence-corrected chi connectivity index (χ0v) is 25.4. The van der Waals surface area contributed by atoms with Crippen LogP contribution in [0.3, 0.4) is 0 Å². The fourth-order valence-electron chi connectivity index (χ4n) is 4.81. The van der Waals surface area contributed by atoms with E-state index >= 15 is 0 Å². The van der Waals surface area contributed by atoms with Crippen molar-refractivity contribution in [1.29, 1.82) is 0 Å². The predicted molar refractivity (Wildman–Crippen MR) is 149 cm³/mol. The van der Waals surface area contributed by atoms with Gasteiger partial charge in [0.15, 0.2) is 14.1 Å². The molecule has 0 radical (unpaired) electrons. The number of rotatable bonds is 10. The number of nitrogens with one attached hydrogen (secondary N) is 1. The Labute approximate surface area is 229 Å². The fourth-order valence-corrected chi connectivity index (χ4v) is 7.39. The fraction of sp³-hybridized carbons (Fsp3) is 0.556. The highest BCUT2D eigenvalue weighted by Crippen LogP contribution is 2.41. The van der Waals surface area contributed by atoms with Crippen LogP contribution in [0.1, 0.15) is 55.5 Å². The summed E-state index contributed by atoms with van der Waals surface area (Å²) in [6, 6.07) is 3.38. The number of β-lactam (4-membered cyclic amide) rings is 1. The first-order valence-corrected chi connectivity index (χ1v) is 16.5. The van der Waals surface area contributed by atoms with Crippen LogP contribution in [-0.2, 0) is 24.5 Å². The highest BCUT2D eigenvalue weighted by Gasteiger charge is 2.50. The Bertz CT molecular complexity index is 1310. The number of hydrogen-bond acceptors (Lipinski definition) is 8. The van der Waals surface area contributed by atoms with Crippen molar-refractivity contribution in [2.45, 2.75) is 70.7 Å². The number of hydrogen-bond donors (Lipinski definition) is 1. The molecule has 1 aliphatic rings. The molecule has 9 nitrogen and oxygen atoms in total. The van der Waals surface area contributed by atoms with Crippen molar-refractivity contribution in [2.75, 3.05) is 14.2 Å². The van der Waals surface area contributed by atoms with Gasteiger partial charge in [-0.25, -0.2) is 4.98 Å². The number of fused-ring (bicyclic) bond motifs is 1. The van der Waals surface area contributed by atoms with Gasteiger partial charge < -0.3 is 19.2 Å². The summed E-state index contributed by atoms with van der Waals surface area (Å²) < 4.78 is 20.0. The molecular formula is C27H38N4O5SSi. The average Bonchev–Trinajstić information content (AvgIpc) is 3.44. The van der Waals surface area contributed by atoms with Crippen LogP contribution in [0.5, 0.6) is 0 Å². The summed E-state index contributed by atoms with van der Waals surface area (Å²) in [4.78, 5) is 36.3. The van der Waals surface area contributed by atoms with E-state index in [9.17, 15) is 9.59 Å². The molecule has 0 saturated carbocycles. The number of Topliss-reactive ketones (excluding diaryl/α,β-unsaturated/α-hetero) is 1. The van der Waals surface area contributed by atoms with Crippen molar-refractivity contribution in [3.8, 4) is 0 Å². The lowest BCUT2D eigenvalue weighted by atomic mass is 9.77. The minimum Gasteiger partial charge on any atom is -0.413 e. The van der Waals surface area contributed by atoms with Gasteiger partial charge in [-0.2, -0.15) is 0 Å². The standard InChI is InChI=1S/C27H38N4O5SSi/c1-16(21-20(24(33)30-21)17(2)36-38(8,9)26(3,4)5)22(32)19-14-31-15-29-23(25(31)37-19)27(34-6,35-7)18-11-10-12-28-13-18/h10-17,20-21H,1-9H3,(H,30,33)/t16-,17-,20-,21-/m1/s1. The third-order valence-electron chi connectivity index (χ3n) is 8.13. The van der Waals surface area contributed by atoms with Crippen LogP contribution in [0.15, 0.2) is 37.1 Å². The molecule has 1 aliphatic heterocycles. The van der Waals surface area contributed by atoms with Gasteiger partial charge >= 0.3 is 0 Å². The molecule has 0 aromatic carbocycles. The molecule has 4 atom stereocenters. The Morgan fingerprint density at radius 2 is 1.89 bits per heavy atom. The number of pyridine rings is 1. The van der Waals surface area contributed by atoms with Crippen LogP contribution < -0.4 is 5.32 Å². The number of thiazole rings is 1. The minimum atomic E-state index is -2.07. The molecule has 0 aliphatic carbocycles. The monoisotopic (exact) mass is 558 g/mol. The second kappa shape index (κ2) is 10.3. The van der Waals surface area contributed by atoms with E-state index < -0.39 is 20.0 Å². The molecule has 3 aromatic rings. The van der Waals surface area contributed by atoms with Crippen molar-refractivity contribution < 1.29 is 23.5 Å². The summed E-state index contributed by atoms with van der Waals surface area (Å²) in [7, 11) is 1.03. The van der Waals surface area contributed by atoms with Crippen molar-refractivity contribution in [2.24, 2.45) is 11.8 Å². The van der Waals surface area contributed by atoms with E-state index in [1.54, 1.807) is 45.2 Å². The first kappa shape index (κ1) is 28.6. The van der Waals surface area contributed by atoms with Crippen LogP contribution in [-0.4, -0.2) is 60.7 Å². The van der Waals surface area contributed by atoms with Gasteiger partial charge in [0.1, 0.15) is 16.9 Å². The number of carbonyl (C=O) groups is 2. The molecular weight excluding hydrogens is 520 g/mol. The molecule has 4 rings (SSSR count). The maximum Gasteiger partial charge on any atom is 0.243 e. The summed E-state index contributed by atoms with van der Waals surface area (Å²) in [5, 5.41) is 2.99. The molecule has 11 heteroatoms. The highest BCUT2D eigenvalue weighted by molar-refractivity contribution is 7.19. The second-order valence-corrected chi connectivity index (χ2v) is 17.3. The summed E-state index contributed by atoms with van der Waals surface area (Å²) in [5.74, 6) is -2.17. The van der Waals surface area contributed by atoms with Gasteiger partial charge in [-0.3, -0.25) is 19.0 Å². The SMILES string of the molecule is COC(OC)(c1cccnc1)c1ncn2cc(C(=O)[C@H](C)[C@H]3NC(=O)[C@@H]3[C@@H](C)O[Si](C)(C)C(C)(C)C)sc12. The third-order valence-corrected chi connectivity index (χ3v) is 13.8. The van der Waals surface area contributed by atoms with Crippen molar-refractivity contribution in [1.82, 2.24) is 19.7 Å². The number of imidazole rings is 1. The molecule has 4 heterocycles. The number of ketones is 1. The molecule has 1 fully saturated rings. The van der Waals surface area contributed by atoms with Crippen molar-refractivity contribution >= 4 is 36.2 Å². The van der Waals surface area contributed by atoms with Gasteiger partial charge in [-0.05, 0) is 31.1 Å². The number of carbonyl (C=O) groups excluding carboxylic acids is 2. The molecule has 1 amide bonds. The lowest BCUT2D eigenvalue weighted by molar-refractivity contribution is -0.185. The molecule has 0 spiro atoms. The van der Waals surface area contributed by atoms with Crippen LogP contribution in [0.4, 0.5) is 0 Å². The van der Waals surface area contributed by atoms with E-state index in [1.165, 1.54) is 11.3 Å². The molecule has 3 aromatic heterocycles. The van der Waals surface area contributed by atoms with Crippen molar-refractivity contribution in [3.05, 3.63) is 53.2 Å². The van der Waals surface area contributed by atoms with Gasteiger partial charge in [0, 0.05) is 44.3 Å². The zero-order chi connectivity index (χ0) is 28.0. The lowest BCUT2D eigenvalue weighted by Crippen LogP contribution is -2.66. The van der Waals surface area contributed by atoms with Gasteiger partial charge in [0.05, 0.1) is 22.9 Å². The first-order valence-electron chi connectivity index (χ1n) is 12.8. The summed E-state index contributed by atoms with van der Waals surface area (Å²) in [5.41, 5.74) is 1.23. The molecule has 206 valence electrons. The smallest absolute Gasteiger partial charge is 0.243 e. The maximum absolute atomic E-state index is 13.7. The van der Waals surface area contributed by atoms with Crippen LogP contribution in [0, 0.1) is 11.8 Å². The number of ether oxygens (including phenoxy) is 2. The first-order chi connectivity index (χ1) is 17.8. The minimum absolute atomic E-state index is 0.0262. The Balaban J connectivity index is 1.59. The second-order valence-electron chi connectivity index (χ2n) is 11.5. The van der Waals surface area contributed by atoms with E-state index in [1.807, 2.05) is 24.3 Å². The molecule has 38 heavy (non-hydrogen) atoms. The van der Waals surface area contributed by atoms with E-state index in [0.717, 1.165) is 4.83 Å². The van der Waals surface area contributed by atoms with E-state index in [4.69, 9.17) is 13.9 Å². The van der Waals surface area contributed by atoms with Crippen LogP contribution >= 0.6 is 11.3 Å². The predicted octanol–water partition coefficient (Wildman–Crippen LogP) is 4.63. The summed E-state index contributed by atoms with van der Waals surface area (Å²) in [6.45, 7) is 14.7. The normalized spacial score (nSPS) is 20.2. The van der Waals surface area contributed by atoms with Gasteiger partial charge in [-0.1, -0.05) is 33.8 Å². The molecule has 0 unspecified atom stereocenters. The molecule has 1 saturated heterocycles. The Morgan fingerprint density at radius 1 is 1.21 bits per heavy atom. The topological polar surface area (TPSA) is 104 Å². The summed E-state index contributed by atoms with van der Waals surface area (Å²) in [6.07, 6.45) is 6.50. The number of amides is 1. The van der Waals surface area contributed by atoms with Gasteiger partial charge in [0.2, 0.25) is 11.7 Å². The largest absolute Gasteiger partial charge is 0.413 e. The quantitative estimate of drug-likeness (QED) is 0.167. The van der Waals surface area contributed by atoms with Gasteiger partial charge in [0.25, 0.3) is 0 Å².